The highest BCUT2D eigenvalue weighted by atomic mass is 15.5. The Hall–Kier alpha value is -2.49. The van der Waals surface area contributed by atoms with E-state index < -0.39 is 0 Å². The fourth-order valence-electron chi connectivity index (χ4n) is 4.11. The van der Waals surface area contributed by atoms with Crippen molar-refractivity contribution in [3.8, 4) is 0 Å². The van der Waals surface area contributed by atoms with Gasteiger partial charge in [-0.25, -0.2) is 4.68 Å². The standard InChI is InChI=1S/C26H36N4/c1-2-3-4-5-6-7-8-9-10-17-22-30-26(27-28-29-30)25(23-18-13-11-14-19-23)24-20-15-12-16-21-24/h11-16,18-21,25H,2-10,17,22H2,1H3. The van der Waals surface area contributed by atoms with Crippen LogP contribution in [0, 0.1) is 0 Å². The zero-order valence-electron chi connectivity index (χ0n) is 18.4. The van der Waals surface area contributed by atoms with Gasteiger partial charge in [0.1, 0.15) is 0 Å². The lowest BCUT2D eigenvalue weighted by molar-refractivity contribution is 0.494. The molecule has 0 aliphatic rings. The van der Waals surface area contributed by atoms with Crippen LogP contribution in [0.2, 0.25) is 0 Å². The van der Waals surface area contributed by atoms with Crippen molar-refractivity contribution >= 4 is 0 Å². The molecule has 2 aromatic carbocycles. The molecule has 0 saturated carbocycles. The van der Waals surface area contributed by atoms with Crippen molar-refractivity contribution in [2.45, 2.75) is 83.6 Å². The first kappa shape index (κ1) is 22.2. The van der Waals surface area contributed by atoms with Crippen LogP contribution in [-0.4, -0.2) is 20.2 Å². The van der Waals surface area contributed by atoms with Crippen molar-refractivity contribution in [1.29, 1.82) is 0 Å². The monoisotopic (exact) mass is 404 g/mol. The number of tetrazole rings is 1. The van der Waals surface area contributed by atoms with E-state index in [-0.39, 0.29) is 5.92 Å². The summed E-state index contributed by atoms with van der Waals surface area (Å²) in [5.41, 5.74) is 2.45. The molecule has 4 heteroatoms. The first-order valence-electron chi connectivity index (χ1n) is 11.8. The molecule has 0 fully saturated rings. The van der Waals surface area contributed by atoms with E-state index >= 15 is 0 Å². The molecule has 0 spiro atoms. The third-order valence-electron chi connectivity index (χ3n) is 5.81. The Balaban J connectivity index is 1.53. The lowest BCUT2D eigenvalue weighted by Gasteiger charge is -2.17. The Morgan fingerprint density at radius 2 is 1.17 bits per heavy atom. The van der Waals surface area contributed by atoms with Crippen LogP contribution in [0.1, 0.15) is 94.0 Å². The maximum Gasteiger partial charge on any atom is 0.163 e. The Morgan fingerprint density at radius 3 is 1.70 bits per heavy atom. The Bertz CT molecular complexity index is 774. The normalized spacial score (nSPS) is 11.3. The van der Waals surface area contributed by atoms with E-state index in [9.17, 15) is 0 Å². The summed E-state index contributed by atoms with van der Waals surface area (Å²) < 4.78 is 2.01. The van der Waals surface area contributed by atoms with Crippen molar-refractivity contribution in [2.24, 2.45) is 0 Å². The van der Waals surface area contributed by atoms with Crippen LogP contribution in [-0.2, 0) is 6.54 Å². The van der Waals surface area contributed by atoms with Crippen molar-refractivity contribution in [2.75, 3.05) is 0 Å². The minimum Gasteiger partial charge on any atom is -0.229 e. The number of hydrogen-bond donors (Lipinski definition) is 0. The predicted octanol–water partition coefficient (Wildman–Crippen LogP) is 6.77. The topological polar surface area (TPSA) is 43.6 Å². The van der Waals surface area contributed by atoms with Gasteiger partial charge in [-0.1, -0.05) is 125 Å². The molecule has 0 bridgehead atoms. The molecular formula is C26H36N4. The van der Waals surface area contributed by atoms with E-state index in [1.165, 1.54) is 68.9 Å². The maximum absolute atomic E-state index is 4.43. The number of benzene rings is 2. The molecule has 4 nitrogen and oxygen atoms in total. The number of nitrogens with zero attached hydrogens (tertiary/aromatic N) is 4. The molecule has 1 aromatic heterocycles. The van der Waals surface area contributed by atoms with Crippen molar-refractivity contribution in [1.82, 2.24) is 20.2 Å². The van der Waals surface area contributed by atoms with Crippen LogP contribution in [0.15, 0.2) is 60.7 Å². The fraction of sp³-hybridized carbons (Fsp3) is 0.500. The second-order valence-corrected chi connectivity index (χ2v) is 8.20. The average Bonchev–Trinajstić information content (AvgIpc) is 3.25. The summed E-state index contributed by atoms with van der Waals surface area (Å²) in [6.07, 6.45) is 13.3. The first-order valence-corrected chi connectivity index (χ1v) is 11.8. The van der Waals surface area contributed by atoms with Gasteiger partial charge in [0.05, 0.1) is 5.92 Å². The smallest absolute Gasteiger partial charge is 0.163 e. The maximum atomic E-state index is 4.43. The summed E-state index contributed by atoms with van der Waals surface area (Å²) in [5.74, 6) is 0.994. The van der Waals surface area contributed by atoms with Crippen LogP contribution in [0.25, 0.3) is 0 Å². The molecular weight excluding hydrogens is 368 g/mol. The van der Waals surface area contributed by atoms with E-state index in [0.717, 1.165) is 18.8 Å². The average molecular weight is 405 g/mol. The first-order chi connectivity index (χ1) is 14.9. The largest absolute Gasteiger partial charge is 0.229 e. The van der Waals surface area contributed by atoms with Gasteiger partial charge in [0, 0.05) is 6.54 Å². The van der Waals surface area contributed by atoms with Gasteiger partial charge >= 0.3 is 0 Å². The van der Waals surface area contributed by atoms with Gasteiger partial charge in [-0.05, 0) is 28.0 Å². The Labute approximate surface area is 181 Å². The summed E-state index contributed by atoms with van der Waals surface area (Å²) >= 11 is 0. The van der Waals surface area contributed by atoms with Crippen molar-refractivity contribution in [3.05, 3.63) is 77.6 Å². The van der Waals surface area contributed by atoms with Crippen LogP contribution < -0.4 is 0 Å². The predicted molar refractivity (Wildman–Crippen MR) is 123 cm³/mol. The van der Waals surface area contributed by atoms with Crippen LogP contribution in [0.3, 0.4) is 0 Å². The van der Waals surface area contributed by atoms with E-state index in [0.29, 0.717) is 0 Å². The van der Waals surface area contributed by atoms with Gasteiger partial charge in [0.2, 0.25) is 0 Å². The second-order valence-electron chi connectivity index (χ2n) is 8.20. The number of unbranched alkanes of at least 4 members (excludes halogenated alkanes) is 9. The van der Waals surface area contributed by atoms with Crippen molar-refractivity contribution < 1.29 is 0 Å². The van der Waals surface area contributed by atoms with E-state index in [2.05, 4.69) is 83.1 Å². The Morgan fingerprint density at radius 1 is 0.667 bits per heavy atom. The number of aromatic nitrogens is 4. The van der Waals surface area contributed by atoms with E-state index in [1.807, 2.05) is 4.68 Å². The number of rotatable bonds is 14. The summed E-state index contributed by atoms with van der Waals surface area (Å²) in [6, 6.07) is 21.1. The van der Waals surface area contributed by atoms with Crippen molar-refractivity contribution in [3.63, 3.8) is 0 Å². The van der Waals surface area contributed by atoms with Gasteiger partial charge in [0.25, 0.3) is 0 Å². The highest BCUT2D eigenvalue weighted by Gasteiger charge is 2.22. The summed E-state index contributed by atoms with van der Waals surface area (Å²) in [4.78, 5) is 0. The molecule has 160 valence electrons. The molecule has 0 aliphatic heterocycles. The van der Waals surface area contributed by atoms with Crippen LogP contribution in [0.4, 0.5) is 0 Å². The number of hydrogen-bond acceptors (Lipinski definition) is 3. The molecule has 0 atom stereocenters. The molecule has 30 heavy (non-hydrogen) atoms. The molecule has 0 radical (unpaired) electrons. The molecule has 3 rings (SSSR count). The summed E-state index contributed by atoms with van der Waals surface area (Å²) in [6.45, 7) is 3.16. The van der Waals surface area contributed by atoms with Gasteiger partial charge in [-0.15, -0.1) is 5.10 Å². The molecule has 0 unspecified atom stereocenters. The van der Waals surface area contributed by atoms with Gasteiger partial charge in [0.15, 0.2) is 5.82 Å². The third kappa shape index (κ3) is 6.79. The molecule has 0 N–H and O–H groups in total. The SMILES string of the molecule is CCCCCCCCCCCCn1nnnc1C(c1ccccc1)c1ccccc1. The summed E-state index contributed by atoms with van der Waals surface area (Å²) in [7, 11) is 0. The zero-order valence-corrected chi connectivity index (χ0v) is 18.4. The molecule has 0 amide bonds. The molecule has 0 aliphatic carbocycles. The van der Waals surface area contributed by atoms with Crippen LogP contribution in [0.5, 0.6) is 0 Å². The molecule has 0 saturated heterocycles. The molecule has 1 heterocycles. The highest BCUT2D eigenvalue weighted by molar-refractivity contribution is 5.37. The highest BCUT2D eigenvalue weighted by Crippen LogP contribution is 2.30. The van der Waals surface area contributed by atoms with E-state index in [1.54, 1.807) is 0 Å². The quantitative estimate of drug-likeness (QED) is 0.278. The minimum atomic E-state index is 0.0607. The lowest BCUT2D eigenvalue weighted by atomic mass is 9.90. The molecule has 3 aromatic rings. The second kappa shape index (κ2) is 12.9. The van der Waals surface area contributed by atoms with E-state index in [4.69, 9.17) is 0 Å². The summed E-state index contributed by atoms with van der Waals surface area (Å²) in [5, 5.41) is 12.8. The number of aryl methyl sites for hydroxylation is 1. The zero-order chi connectivity index (χ0) is 20.9. The van der Waals surface area contributed by atoms with Gasteiger partial charge in [-0.3, -0.25) is 0 Å². The Kier molecular flexibility index (Phi) is 9.58. The van der Waals surface area contributed by atoms with Gasteiger partial charge < -0.3 is 0 Å². The minimum absolute atomic E-state index is 0.0607. The van der Waals surface area contributed by atoms with Crippen LogP contribution >= 0.6 is 0 Å². The third-order valence-corrected chi connectivity index (χ3v) is 5.81. The lowest BCUT2D eigenvalue weighted by Crippen LogP contribution is -2.13. The van der Waals surface area contributed by atoms with Gasteiger partial charge in [-0.2, -0.15) is 0 Å². The fourth-order valence-corrected chi connectivity index (χ4v) is 4.11.